The Bertz CT molecular complexity index is 973. The molecule has 33 heavy (non-hydrogen) atoms. The van der Waals surface area contributed by atoms with Gasteiger partial charge >= 0.3 is 6.03 Å². The molecular formula is C24H29Cl2N5O2. The van der Waals surface area contributed by atoms with Gasteiger partial charge in [0.1, 0.15) is 0 Å². The van der Waals surface area contributed by atoms with Crippen molar-refractivity contribution in [3.63, 3.8) is 0 Å². The Morgan fingerprint density at radius 3 is 2.21 bits per heavy atom. The van der Waals surface area contributed by atoms with Crippen LogP contribution in [-0.2, 0) is 4.79 Å². The highest BCUT2D eigenvalue weighted by Gasteiger charge is 2.24. The molecule has 2 heterocycles. The molecule has 2 aliphatic rings. The largest absolute Gasteiger partial charge is 0.368 e. The van der Waals surface area contributed by atoms with Crippen molar-refractivity contribution in [2.24, 2.45) is 0 Å². The molecule has 1 unspecified atom stereocenters. The topological polar surface area (TPSA) is 67.9 Å². The maximum atomic E-state index is 12.6. The summed E-state index contributed by atoms with van der Waals surface area (Å²) in [5.41, 5.74) is 2.30. The molecule has 2 aromatic carbocycles. The summed E-state index contributed by atoms with van der Waals surface area (Å²) in [6.45, 7) is 6.19. The van der Waals surface area contributed by atoms with Gasteiger partial charge in [-0.2, -0.15) is 0 Å². The third-order valence-corrected chi connectivity index (χ3v) is 6.94. The molecule has 0 saturated carbocycles. The maximum absolute atomic E-state index is 12.6. The van der Waals surface area contributed by atoms with Crippen molar-refractivity contribution in [2.45, 2.75) is 25.8 Å². The van der Waals surface area contributed by atoms with Gasteiger partial charge in [-0.3, -0.25) is 9.69 Å². The lowest BCUT2D eigenvalue weighted by Crippen LogP contribution is -2.50. The monoisotopic (exact) mass is 489 g/mol. The lowest BCUT2D eigenvalue weighted by Gasteiger charge is -2.36. The number of amides is 3. The van der Waals surface area contributed by atoms with E-state index in [1.165, 1.54) is 0 Å². The number of anilines is 3. The molecule has 3 amide bonds. The second kappa shape index (κ2) is 10.6. The number of piperazine rings is 1. The molecule has 2 aliphatic heterocycles. The summed E-state index contributed by atoms with van der Waals surface area (Å²) in [6, 6.07) is 13.3. The summed E-state index contributed by atoms with van der Waals surface area (Å²) in [5.74, 6) is 0.0229. The molecule has 4 rings (SSSR count). The van der Waals surface area contributed by atoms with Crippen LogP contribution in [0.2, 0.25) is 10.0 Å². The molecule has 2 saturated heterocycles. The Morgan fingerprint density at radius 1 is 0.939 bits per heavy atom. The smallest absolute Gasteiger partial charge is 0.322 e. The van der Waals surface area contributed by atoms with Crippen LogP contribution in [0.1, 0.15) is 19.8 Å². The molecule has 0 aliphatic carbocycles. The molecule has 9 heteroatoms. The van der Waals surface area contributed by atoms with Gasteiger partial charge in [0.15, 0.2) is 0 Å². The normalized spacial score (nSPS) is 18.9. The van der Waals surface area contributed by atoms with Crippen LogP contribution in [0.5, 0.6) is 0 Å². The first-order valence-corrected chi connectivity index (χ1v) is 12.0. The predicted molar refractivity (Wildman–Crippen MR) is 135 cm³/mol. The Kier molecular flexibility index (Phi) is 7.63. The SMILES string of the molecule is CC1CCCN1CC(=O)Nc1ccc(N2CCN(C(=O)Nc3c(Cl)cccc3Cl)CC2)cc1. The van der Waals surface area contributed by atoms with E-state index in [4.69, 9.17) is 23.2 Å². The number of urea groups is 1. The first-order valence-electron chi connectivity index (χ1n) is 11.3. The van der Waals surface area contributed by atoms with Crippen molar-refractivity contribution in [2.75, 3.05) is 54.8 Å². The molecule has 0 bridgehead atoms. The summed E-state index contributed by atoms with van der Waals surface area (Å²) in [5, 5.41) is 6.64. The van der Waals surface area contributed by atoms with Gasteiger partial charge in [-0.15, -0.1) is 0 Å². The van der Waals surface area contributed by atoms with Gasteiger partial charge in [-0.05, 0) is 62.7 Å². The van der Waals surface area contributed by atoms with E-state index in [0.29, 0.717) is 54.5 Å². The zero-order valence-electron chi connectivity index (χ0n) is 18.7. The van der Waals surface area contributed by atoms with Crippen LogP contribution in [0.3, 0.4) is 0 Å². The summed E-state index contributed by atoms with van der Waals surface area (Å²) in [6.07, 6.45) is 2.32. The number of carbonyl (C=O) groups excluding carboxylic acids is 2. The average molecular weight is 490 g/mol. The van der Waals surface area contributed by atoms with Crippen LogP contribution in [0.4, 0.5) is 21.9 Å². The Hall–Kier alpha value is -2.48. The van der Waals surface area contributed by atoms with Gasteiger partial charge < -0.3 is 20.4 Å². The molecule has 176 valence electrons. The molecule has 0 radical (unpaired) electrons. The van der Waals surface area contributed by atoms with E-state index in [-0.39, 0.29) is 11.9 Å². The Morgan fingerprint density at radius 2 is 1.61 bits per heavy atom. The molecule has 0 aromatic heterocycles. The highest BCUT2D eigenvalue weighted by Crippen LogP contribution is 2.30. The van der Waals surface area contributed by atoms with E-state index < -0.39 is 0 Å². The number of benzene rings is 2. The van der Waals surface area contributed by atoms with Crippen molar-refractivity contribution in [3.05, 3.63) is 52.5 Å². The number of halogens is 2. The summed E-state index contributed by atoms with van der Waals surface area (Å²) in [4.78, 5) is 31.2. The molecule has 2 N–H and O–H groups in total. The maximum Gasteiger partial charge on any atom is 0.322 e. The number of nitrogens with one attached hydrogen (secondary N) is 2. The second-order valence-electron chi connectivity index (χ2n) is 8.56. The van der Waals surface area contributed by atoms with Gasteiger partial charge in [0.25, 0.3) is 0 Å². The minimum Gasteiger partial charge on any atom is -0.368 e. The third kappa shape index (κ3) is 5.91. The van der Waals surface area contributed by atoms with Crippen LogP contribution in [0.25, 0.3) is 0 Å². The number of hydrogen-bond acceptors (Lipinski definition) is 4. The van der Waals surface area contributed by atoms with E-state index in [1.807, 2.05) is 24.3 Å². The molecule has 0 spiro atoms. The predicted octanol–water partition coefficient (Wildman–Crippen LogP) is 4.77. The van der Waals surface area contributed by atoms with E-state index in [2.05, 4.69) is 27.4 Å². The van der Waals surface area contributed by atoms with Crippen LogP contribution >= 0.6 is 23.2 Å². The molecule has 1 atom stereocenters. The summed E-state index contributed by atoms with van der Waals surface area (Å²) < 4.78 is 0. The van der Waals surface area contributed by atoms with Crippen LogP contribution < -0.4 is 15.5 Å². The Balaban J connectivity index is 1.26. The fraction of sp³-hybridized carbons (Fsp3) is 0.417. The van der Waals surface area contributed by atoms with E-state index in [1.54, 1.807) is 23.1 Å². The van der Waals surface area contributed by atoms with Crippen LogP contribution in [0.15, 0.2) is 42.5 Å². The fourth-order valence-corrected chi connectivity index (χ4v) is 4.83. The quantitative estimate of drug-likeness (QED) is 0.634. The van der Waals surface area contributed by atoms with Crippen molar-refractivity contribution in [1.82, 2.24) is 9.80 Å². The molecule has 7 nitrogen and oxygen atoms in total. The third-order valence-electron chi connectivity index (χ3n) is 6.32. The van der Waals surface area contributed by atoms with Crippen molar-refractivity contribution < 1.29 is 9.59 Å². The molecule has 2 aromatic rings. The highest BCUT2D eigenvalue weighted by atomic mass is 35.5. The number of para-hydroxylation sites is 1. The van der Waals surface area contributed by atoms with Gasteiger partial charge in [0.2, 0.25) is 5.91 Å². The van der Waals surface area contributed by atoms with E-state index >= 15 is 0 Å². The van der Waals surface area contributed by atoms with Gasteiger partial charge in [0, 0.05) is 43.6 Å². The van der Waals surface area contributed by atoms with Crippen molar-refractivity contribution in [1.29, 1.82) is 0 Å². The fourth-order valence-electron chi connectivity index (χ4n) is 4.34. The van der Waals surface area contributed by atoms with Crippen molar-refractivity contribution in [3.8, 4) is 0 Å². The molecular weight excluding hydrogens is 461 g/mol. The van der Waals surface area contributed by atoms with Crippen molar-refractivity contribution >= 4 is 52.2 Å². The van der Waals surface area contributed by atoms with Crippen LogP contribution in [-0.4, -0.2) is 67.0 Å². The first-order chi connectivity index (χ1) is 15.9. The number of hydrogen-bond donors (Lipinski definition) is 2. The number of likely N-dealkylation sites (tertiary alicyclic amines) is 1. The van der Waals surface area contributed by atoms with Crippen LogP contribution in [0, 0.1) is 0 Å². The van der Waals surface area contributed by atoms with Gasteiger partial charge in [-0.25, -0.2) is 4.79 Å². The highest BCUT2D eigenvalue weighted by molar-refractivity contribution is 6.39. The van der Waals surface area contributed by atoms with Gasteiger partial charge in [-0.1, -0.05) is 29.3 Å². The summed E-state index contributed by atoms with van der Waals surface area (Å²) in [7, 11) is 0. The van der Waals surface area contributed by atoms with Gasteiger partial charge in [0.05, 0.1) is 22.3 Å². The number of rotatable bonds is 5. The second-order valence-corrected chi connectivity index (χ2v) is 9.37. The number of carbonyl (C=O) groups is 2. The molecule has 2 fully saturated rings. The van der Waals surface area contributed by atoms with E-state index in [9.17, 15) is 9.59 Å². The standard InChI is InChI=1S/C24H29Cl2N5O2/c1-17-4-3-11-31(17)16-22(32)27-18-7-9-19(10-8-18)29-12-14-30(15-13-29)24(33)28-23-20(25)5-2-6-21(23)26/h2,5-10,17H,3-4,11-16H2,1H3,(H,27,32)(H,28,33). The average Bonchev–Trinajstić information content (AvgIpc) is 3.21. The zero-order valence-corrected chi connectivity index (χ0v) is 20.2. The Labute approximate surface area is 204 Å². The number of nitrogens with zero attached hydrogens (tertiary/aromatic N) is 3. The lowest BCUT2D eigenvalue weighted by molar-refractivity contribution is -0.117. The first kappa shape index (κ1) is 23.7. The minimum atomic E-state index is -0.213. The minimum absolute atomic E-state index is 0.0229. The van der Waals surface area contributed by atoms with E-state index in [0.717, 1.165) is 30.8 Å². The summed E-state index contributed by atoms with van der Waals surface area (Å²) >= 11 is 12.3. The zero-order chi connectivity index (χ0) is 23.4. The lowest BCUT2D eigenvalue weighted by atomic mass is 10.2.